The van der Waals surface area contributed by atoms with E-state index in [0.29, 0.717) is 13.1 Å². The van der Waals surface area contributed by atoms with Crippen molar-refractivity contribution < 1.29 is 9.21 Å². The molecular formula is C15H19N3O2. The molecular weight excluding hydrogens is 254 g/mol. The van der Waals surface area contributed by atoms with Gasteiger partial charge in [-0.25, -0.2) is 4.79 Å². The molecule has 0 radical (unpaired) electrons. The smallest absolute Gasteiger partial charge is 0.321 e. The van der Waals surface area contributed by atoms with E-state index in [1.54, 1.807) is 11.9 Å². The molecule has 2 aromatic rings. The molecule has 1 aromatic carbocycles. The second-order valence-corrected chi connectivity index (χ2v) is 4.70. The number of nitrogens with zero attached hydrogens (tertiary/aromatic N) is 1. The van der Waals surface area contributed by atoms with Crippen LogP contribution in [0.15, 0.2) is 40.8 Å². The SMILES string of the molecule is Cc1ccc(CN(C)C(=O)Nc2cccc(CN)c2)o1. The second-order valence-electron chi connectivity index (χ2n) is 4.70. The van der Waals surface area contributed by atoms with Crippen molar-refractivity contribution >= 4 is 11.7 Å². The number of nitrogens with two attached hydrogens (primary N) is 1. The van der Waals surface area contributed by atoms with Crippen LogP contribution in [0.2, 0.25) is 0 Å². The van der Waals surface area contributed by atoms with Gasteiger partial charge in [0.15, 0.2) is 0 Å². The molecule has 5 nitrogen and oxygen atoms in total. The minimum atomic E-state index is -0.187. The van der Waals surface area contributed by atoms with Crippen LogP contribution in [-0.2, 0) is 13.1 Å². The Morgan fingerprint density at radius 3 is 2.80 bits per heavy atom. The minimum Gasteiger partial charge on any atom is -0.464 e. The van der Waals surface area contributed by atoms with Crippen molar-refractivity contribution in [3.05, 3.63) is 53.5 Å². The summed E-state index contributed by atoms with van der Waals surface area (Å²) >= 11 is 0. The fraction of sp³-hybridized carbons (Fsp3) is 0.267. The lowest BCUT2D eigenvalue weighted by molar-refractivity contribution is 0.216. The molecule has 0 aliphatic heterocycles. The molecule has 0 saturated carbocycles. The molecule has 0 spiro atoms. The van der Waals surface area contributed by atoms with Crippen LogP contribution in [0.5, 0.6) is 0 Å². The number of carbonyl (C=O) groups excluding carboxylic acids is 1. The molecule has 2 rings (SSSR count). The van der Waals surface area contributed by atoms with Crippen LogP contribution in [0, 0.1) is 6.92 Å². The summed E-state index contributed by atoms with van der Waals surface area (Å²) in [6, 6.07) is 11.1. The molecule has 0 saturated heterocycles. The van der Waals surface area contributed by atoms with Gasteiger partial charge in [0.2, 0.25) is 0 Å². The van der Waals surface area contributed by atoms with E-state index in [4.69, 9.17) is 10.2 Å². The molecule has 0 unspecified atom stereocenters. The van der Waals surface area contributed by atoms with Crippen LogP contribution >= 0.6 is 0 Å². The topological polar surface area (TPSA) is 71.5 Å². The lowest BCUT2D eigenvalue weighted by Crippen LogP contribution is -2.30. The fourth-order valence-corrected chi connectivity index (χ4v) is 1.87. The maximum Gasteiger partial charge on any atom is 0.321 e. The summed E-state index contributed by atoms with van der Waals surface area (Å²) in [5, 5.41) is 2.83. The maximum atomic E-state index is 12.1. The molecule has 20 heavy (non-hydrogen) atoms. The van der Waals surface area contributed by atoms with Gasteiger partial charge in [-0.05, 0) is 36.8 Å². The molecule has 1 aromatic heterocycles. The van der Waals surface area contributed by atoms with Crippen LogP contribution in [0.1, 0.15) is 17.1 Å². The minimum absolute atomic E-state index is 0.187. The Labute approximate surface area is 118 Å². The predicted octanol–water partition coefficient (Wildman–Crippen LogP) is 2.71. The summed E-state index contributed by atoms with van der Waals surface area (Å²) in [5.41, 5.74) is 7.29. The maximum absolute atomic E-state index is 12.1. The molecule has 0 aliphatic rings. The van der Waals surface area contributed by atoms with Gasteiger partial charge in [-0.15, -0.1) is 0 Å². The Balaban J connectivity index is 1.96. The van der Waals surface area contributed by atoms with Crippen LogP contribution in [0.25, 0.3) is 0 Å². The van der Waals surface area contributed by atoms with Gasteiger partial charge in [0.05, 0.1) is 6.54 Å². The first kappa shape index (κ1) is 14.1. The highest BCUT2D eigenvalue weighted by atomic mass is 16.3. The number of anilines is 1. The fourth-order valence-electron chi connectivity index (χ4n) is 1.87. The van der Waals surface area contributed by atoms with Crippen LogP contribution < -0.4 is 11.1 Å². The Kier molecular flexibility index (Phi) is 4.42. The van der Waals surface area contributed by atoms with Gasteiger partial charge < -0.3 is 20.4 Å². The summed E-state index contributed by atoms with van der Waals surface area (Å²) < 4.78 is 5.45. The summed E-state index contributed by atoms with van der Waals surface area (Å²) in [6.07, 6.45) is 0. The number of carbonyl (C=O) groups is 1. The third-order valence-corrected chi connectivity index (χ3v) is 2.95. The Morgan fingerprint density at radius 2 is 2.15 bits per heavy atom. The lowest BCUT2D eigenvalue weighted by atomic mass is 10.2. The van der Waals surface area contributed by atoms with Gasteiger partial charge in [-0.2, -0.15) is 0 Å². The van der Waals surface area contributed by atoms with Crippen molar-refractivity contribution in [2.24, 2.45) is 5.73 Å². The third kappa shape index (κ3) is 3.61. The van der Waals surface area contributed by atoms with Crippen molar-refractivity contribution in [3.63, 3.8) is 0 Å². The van der Waals surface area contributed by atoms with Crippen molar-refractivity contribution in [2.45, 2.75) is 20.0 Å². The summed E-state index contributed by atoms with van der Waals surface area (Å²) in [4.78, 5) is 13.6. The van der Waals surface area contributed by atoms with E-state index in [1.807, 2.05) is 43.3 Å². The molecule has 2 amide bonds. The second kappa shape index (κ2) is 6.25. The number of hydrogen-bond donors (Lipinski definition) is 2. The summed E-state index contributed by atoms with van der Waals surface area (Å²) in [7, 11) is 1.72. The number of amides is 2. The summed E-state index contributed by atoms with van der Waals surface area (Å²) in [5.74, 6) is 1.60. The van der Waals surface area contributed by atoms with E-state index in [0.717, 1.165) is 22.8 Å². The van der Waals surface area contributed by atoms with Crippen LogP contribution in [-0.4, -0.2) is 18.0 Å². The Hall–Kier alpha value is -2.27. The number of nitrogens with one attached hydrogen (secondary N) is 1. The third-order valence-electron chi connectivity index (χ3n) is 2.95. The molecule has 0 atom stereocenters. The highest BCUT2D eigenvalue weighted by Crippen LogP contribution is 2.12. The number of aryl methyl sites for hydroxylation is 1. The number of hydrogen-bond acceptors (Lipinski definition) is 3. The molecule has 0 aliphatic carbocycles. The zero-order valence-corrected chi connectivity index (χ0v) is 11.7. The van der Waals surface area contributed by atoms with Crippen LogP contribution in [0.3, 0.4) is 0 Å². The molecule has 0 fully saturated rings. The number of rotatable bonds is 4. The van der Waals surface area contributed by atoms with Gasteiger partial charge in [-0.1, -0.05) is 12.1 Å². The van der Waals surface area contributed by atoms with Gasteiger partial charge >= 0.3 is 6.03 Å². The van der Waals surface area contributed by atoms with Crippen molar-refractivity contribution in [3.8, 4) is 0 Å². The standard InChI is InChI=1S/C15H19N3O2/c1-11-6-7-14(20-11)10-18(2)15(19)17-13-5-3-4-12(8-13)9-16/h3-8H,9-10,16H2,1-2H3,(H,17,19). The average Bonchev–Trinajstić information content (AvgIpc) is 2.84. The Morgan fingerprint density at radius 1 is 1.35 bits per heavy atom. The van der Waals surface area contributed by atoms with E-state index < -0.39 is 0 Å². The lowest BCUT2D eigenvalue weighted by Gasteiger charge is -2.17. The highest BCUT2D eigenvalue weighted by molar-refractivity contribution is 5.89. The zero-order valence-electron chi connectivity index (χ0n) is 11.7. The molecule has 1 heterocycles. The first-order valence-corrected chi connectivity index (χ1v) is 6.45. The number of furan rings is 1. The predicted molar refractivity (Wildman–Crippen MR) is 78.3 cm³/mol. The van der Waals surface area contributed by atoms with E-state index >= 15 is 0 Å². The van der Waals surface area contributed by atoms with Gasteiger partial charge in [0.25, 0.3) is 0 Å². The normalized spacial score (nSPS) is 10.3. The summed E-state index contributed by atoms with van der Waals surface area (Å²) in [6.45, 7) is 2.75. The van der Waals surface area contributed by atoms with E-state index in [2.05, 4.69) is 5.32 Å². The number of urea groups is 1. The highest BCUT2D eigenvalue weighted by Gasteiger charge is 2.11. The van der Waals surface area contributed by atoms with E-state index in [1.165, 1.54) is 0 Å². The molecule has 106 valence electrons. The van der Waals surface area contributed by atoms with Gasteiger partial charge in [0, 0.05) is 19.3 Å². The molecule has 5 heteroatoms. The molecule has 3 N–H and O–H groups in total. The van der Waals surface area contributed by atoms with E-state index in [9.17, 15) is 4.79 Å². The number of benzene rings is 1. The van der Waals surface area contributed by atoms with E-state index in [-0.39, 0.29) is 6.03 Å². The first-order chi connectivity index (χ1) is 9.58. The average molecular weight is 273 g/mol. The Bertz CT molecular complexity index is 592. The largest absolute Gasteiger partial charge is 0.464 e. The van der Waals surface area contributed by atoms with Crippen molar-refractivity contribution in [2.75, 3.05) is 12.4 Å². The van der Waals surface area contributed by atoms with Gasteiger partial charge in [0.1, 0.15) is 11.5 Å². The zero-order chi connectivity index (χ0) is 14.5. The first-order valence-electron chi connectivity index (χ1n) is 6.45. The molecule has 0 bridgehead atoms. The monoisotopic (exact) mass is 273 g/mol. The quantitative estimate of drug-likeness (QED) is 0.899. The van der Waals surface area contributed by atoms with Crippen molar-refractivity contribution in [1.82, 2.24) is 4.90 Å². The van der Waals surface area contributed by atoms with Crippen LogP contribution in [0.4, 0.5) is 10.5 Å². The van der Waals surface area contributed by atoms with Gasteiger partial charge in [-0.3, -0.25) is 0 Å². The van der Waals surface area contributed by atoms with Crippen molar-refractivity contribution in [1.29, 1.82) is 0 Å².